The lowest BCUT2D eigenvalue weighted by Gasteiger charge is -2.03. The van der Waals surface area contributed by atoms with Crippen molar-refractivity contribution < 1.29 is 0 Å². The standard InChI is InChI=1S/C11H13N7/c1-3-9-13-14-10-4-5-11(16-18(9)10)17-8(12)6-7(2)15-17/h4-6H,3,12H2,1-2H3. The van der Waals surface area contributed by atoms with E-state index < -0.39 is 0 Å². The van der Waals surface area contributed by atoms with Crippen molar-refractivity contribution in [1.29, 1.82) is 0 Å². The van der Waals surface area contributed by atoms with Crippen LogP contribution < -0.4 is 5.73 Å². The van der Waals surface area contributed by atoms with Crippen LogP contribution in [0, 0.1) is 6.92 Å². The summed E-state index contributed by atoms with van der Waals surface area (Å²) in [6, 6.07) is 5.48. The summed E-state index contributed by atoms with van der Waals surface area (Å²) in [6.07, 6.45) is 0.769. The zero-order chi connectivity index (χ0) is 12.7. The first kappa shape index (κ1) is 10.7. The molecule has 0 aromatic carbocycles. The fraction of sp³-hybridized carbons (Fsp3) is 0.273. The van der Waals surface area contributed by atoms with Crippen molar-refractivity contribution in [2.75, 3.05) is 5.73 Å². The summed E-state index contributed by atoms with van der Waals surface area (Å²) in [6.45, 7) is 3.90. The molecule has 0 saturated carbocycles. The third-order valence-electron chi connectivity index (χ3n) is 2.71. The van der Waals surface area contributed by atoms with E-state index in [1.165, 1.54) is 0 Å². The van der Waals surface area contributed by atoms with Crippen LogP contribution in [0.15, 0.2) is 18.2 Å². The maximum absolute atomic E-state index is 5.88. The average Bonchev–Trinajstić information content (AvgIpc) is 2.91. The number of rotatable bonds is 2. The second-order valence-corrected chi connectivity index (χ2v) is 4.05. The van der Waals surface area contributed by atoms with Crippen molar-refractivity contribution in [3.63, 3.8) is 0 Å². The van der Waals surface area contributed by atoms with E-state index in [1.54, 1.807) is 15.3 Å². The molecule has 0 unspecified atom stereocenters. The van der Waals surface area contributed by atoms with Gasteiger partial charge in [0.2, 0.25) is 0 Å². The highest BCUT2D eigenvalue weighted by molar-refractivity contribution is 5.43. The monoisotopic (exact) mass is 243 g/mol. The number of aryl methyl sites for hydroxylation is 2. The Kier molecular flexibility index (Phi) is 2.26. The van der Waals surface area contributed by atoms with Crippen LogP contribution in [-0.4, -0.2) is 29.6 Å². The van der Waals surface area contributed by atoms with Gasteiger partial charge < -0.3 is 5.73 Å². The van der Waals surface area contributed by atoms with Gasteiger partial charge in [0.1, 0.15) is 5.82 Å². The van der Waals surface area contributed by atoms with Crippen LogP contribution in [0.5, 0.6) is 0 Å². The van der Waals surface area contributed by atoms with E-state index in [1.807, 2.05) is 26.0 Å². The van der Waals surface area contributed by atoms with Crippen LogP contribution >= 0.6 is 0 Å². The summed E-state index contributed by atoms with van der Waals surface area (Å²) in [7, 11) is 0. The SMILES string of the molecule is CCc1nnc2ccc(-n3nc(C)cc3N)nn12. The first-order chi connectivity index (χ1) is 8.69. The molecule has 92 valence electrons. The fourth-order valence-corrected chi connectivity index (χ4v) is 1.86. The Morgan fingerprint density at radius 1 is 1.22 bits per heavy atom. The number of fused-ring (bicyclic) bond motifs is 1. The van der Waals surface area contributed by atoms with Crippen LogP contribution in [0.1, 0.15) is 18.4 Å². The van der Waals surface area contributed by atoms with E-state index in [9.17, 15) is 0 Å². The molecule has 0 amide bonds. The average molecular weight is 243 g/mol. The maximum atomic E-state index is 5.88. The van der Waals surface area contributed by atoms with Crippen molar-refractivity contribution in [3.8, 4) is 5.82 Å². The Morgan fingerprint density at radius 2 is 2.06 bits per heavy atom. The molecular formula is C11H13N7. The van der Waals surface area contributed by atoms with Crippen molar-refractivity contribution in [2.45, 2.75) is 20.3 Å². The zero-order valence-corrected chi connectivity index (χ0v) is 10.2. The molecule has 0 radical (unpaired) electrons. The summed E-state index contributed by atoms with van der Waals surface area (Å²) in [4.78, 5) is 0. The third kappa shape index (κ3) is 1.52. The minimum Gasteiger partial charge on any atom is -0.384 e. The summed E-state index contributed by atoms with van der Waals surface area (Å²) in [5, 5.41) is 16.9. The van der Waals surface area contributed by atoms with Crippen molar-refractivity contribution in [2.24, 2.45) is 0 Å². The molecule has 0 aliphatic rings. The zero-order valence-electron chi connectivity index (χ0n) is 10.2. The molecule has 7 nitrogen and oxygen atoms in total. The molecule has 3 heterocycles. The Labute approximate surface area is 103 Å². The van der Waals surface area contributed by atoms with Crippen LogP contribution in [0.3, 0.4) is 0 Å². The maximum Gasteiger partial charge on any atom is 0.178 e. The van der Waals surface area contributed by atoms with Crippen LogP contribution in [0.4, 0.5) is 5.82 Å². The van der Waals surface area contributed by atoms with Gasteiger partial charge in [-0.15, -0.1) is 15.3 Å². The molecule has 0 aliphatic carbocycles. The lowest BCUT2D eigenvalue weighted by molar-refractivity contribution is 0.761. The van der Waals surface area contributed by atoms with Gasteiger partial charge in [0.25, 0.3) is 0 Å². The molecule has 0 atom stereocenters. The third-order valence-corrected chi connectivity index (χ3v) is 2.71. The van der Waals surface area contributed by atoms with Gasteiger partial charge in [-0.2, -0.15) is 14.3 Å². The summed E-state index contributed by atoms with van der Waals surface area (Å²) in [5.41, 5.74) is 7.46. The number of hydrogen-bond donors (Lipinski definition) is 1. The normalized spacial score (nSPS) is 11.2. The molecule has 0 fully saturated rings. The van der Waals surface area contributed by atoms with Gasteiger partial charge in [0.15, 0.2) is 17.3 Å². The van der Waals surface area contributed by atoms with E-state index in [2.05, 4.69) is 20.4 Å². The molecule has 0 bridgehead atoms. The van der Waals surface area contributed by atoms with E-state index in [0.29, 0.717) is 11.6 Å². The van der Waals surface area contributed by atoms with Gasteiger partial charge in [-0.1, -0.05) is 6.92 Å². The minimum absolute atomic E-state index is 0.561. The van der Waals surface area contributed by atoms with Gasteiger partial charge in [-0.25, -0.2) is 0 Å². The topological polar surface area (TPSA) is 86.9 Å². The van der Waals surface area contributed by atoms with Crippen LogP contribution in [-0.2, 0) is 6.42 Å². The lowest BCUT2D eigenvalue weighted by Crippen LogP contribution is -2.08. The Hall–Kier alpha value is -2.44. The largest absolute Gasteiger partial charge is 0.384 e. The molecule has 7 heteroatoms. The molecule has 0 aliphatic heterocycles. The lowest BCUT2D eigenvalue weighted by atomic mass is 10.4. The van der Waals surface area contributed by atoms with Gasteiger partial charge in [0, 0.05) is 12.5 Å². The minimum atomic E-state index is 0.561. The summed E-state index contributed by atoms with van der Waals surface area (Å²) >= 11 is 0. The predicted molar refractivity (Wildman–Crippen MR) is 66.4 cm³/mol. The van der Waals surface area contributed by atoms with Crippen LogP contribution in [0.2, 0.25) is 0 Å². The molecule has 3 aromatic rings. The molecular weight excluding hydrogens is 230 g/mol. The van der Waals surface area contributed by atoms with Crippen molar-refractivity contribution in [1.82, 2.24) is 29.6 Å². The quantitative estimate of drug-likeness (QED) is 0.718. The number of anilines is 1. The van der Waals surface area contributed by atoms with E-state index >= 15 is 0 Å². The van der Waals surface area contributed by atoms with E-state index in [-0.39, 0.29) is 0 Å². The highest BCUT2D eigenvalue weighted by atomic mass is 15.4. The molecule has 3 rings (SSSR count). The van der Waals surface area contributed by atoms with Gasteiger partial charge in [-0.3, -0.25) is 0 Å². The second kappa shape index (κ2) is 3.80. The molecule has 2 N–H and O–H groups in total. The summed E-state index contributed by atoms with van der Waals surface area (Å²) in [5.74, 6) is 2.03. The number of aromatic nitrogens is 6. The number of hydrogen-bond acceptors (Lipinski definition) is 5. The first-order valence-electron chi connectivity index (χ1n) is 5.73. The Morgan fingerprint density at radius 3 is 2.72 bits per heavy atom. The highest BCUT2D eigenvalue weighted by Gasteiger charge is 2.09. The van der Waals surface area contributed by atoms with Gasteiger partial charge in [0.05, 0.1) is 5.69 Å². The number of nitrogens with two attached hydrogens (primary N) is 1. The smallest absolute Gasteiger partial charge is 0.178 e. The highest BCUT2D eigenvalue weighted by Crippen LogP contribution is 2.13. The van der Waals surface area contributed by atoms with Crippen molar-refractivity contribution >= 4 is 11.5 Å². The van der Waals surface area contributed by atoms with Gasteiger partial charge in [-0.05, 0) is 19.1 Å². The molecule has 0 spiro atoms. The fourth-order valence-electron chi connectivity index (χ4n) is 1.86. The van der Waals surface area contributed by atoms with Crippen LogP contribution in [0.25, 0.3) is 11.5 Å². The first-order valence-corrected chi connectivity index (χ1v) is 5.73. The van der Waals surface area contributed by atoms with E-state index in [0.717, 1.165) is 23.6 Å². The number of nitrogens with zero attached hydrogens (tertiary/aromatic N) is 6. The Balaban J connectivity index is 2.20. The second-order valence-electron chi connectivity index (χ2n) is 4.05. The molecule has 3 aromatic heterocycles. The predicted octanol–water partition coefficient (Wildman–Crippen LogP) is 0.763. The molecule has 0 saturated heterocycles. The summed E-state index contributed by atoms with van der Waals surface area (Å²) < 4.78 is 3.32. The van der Waals surface area contributed by atoms with Crippen molar-refractivity contribution in [3.05, 3.63) is 29.7 Å². The van der Waals surface area contributed by atoms with E-state index in [4.69, 9.17) is 5.73 Å². The van der Waals surface area contributed by atoms with Gasteiger partial charge >= 0.3 is 0 Å². The Bertz CT molecular complexity index is 709. The molecule has 18 heavy (non-hydrogen) atoms. The number of nitrogen functional groups attached to an aromatic ring is 1.